The molecule has 0 aliphatic heterocycles. The van der Waals surface area contributed by atoms with E-state index in [1.165, 1.54) is 7.11 Å². The van der Waals surface area contributed by atoms with Gasteiger partial charge < -0.3 is 24.5 Å². The quantitative estimate of drug-likeness (QED) is 0.590. The van der Waals surface area contributed by atoms with Crippen molar-refractivity contribution in [3.8, 4) is 0 Å². The van der Waals surface area contributed by atoms with E-state index in [1.807, 2.05) is 0 Å². The summed E-state index contributed by atoms with van der Waals surface area (Å²) in [6, 6.07) is 1.22. The predicted molar refractivity (Wildman–Crippen MR) is 66.9 cm³/mol. The molecule has 19 heavy (non-hydrogen) atoms. The van der Waals surface area contributed by atoms with Gasteiger partial charge in [-0.3, -0.25) is 0 Å². The maximum absolute atomic E-state index is 11.4. The van der Waals surface area contributed by atoms with E-state index < -0.39 is 5.97 Å². The van der Waals surface area contributed by atoms with Crippen LogP contribution in [0.3, 0.4) is 0 Å². The van der Waals surface area contributed by atoms with Gasteiger partial charge in [0.15, 0.2) is 0 Å². The van der Waals surface area contributed by atoms with Gasteiger partial charge in [0, 0.05) is 13.7 Å². The second-order valence-electron chi connectivity index (χ2n) is 3.78. The summed E-state index contributed by atoms with van der Waals surface area (Å²) >= 11 is 0. The molecule has 2 N–H and O–H groups in total. The molecule has 1 rings (SSSR count). The molecule has 0 unspecified atom stereocenters. The van der Waals surface area contributed by atoms with Gasteiger partial charge in [0.2, 0.25) is 0 Å². The normalized spacial score (nSPS) is 10.1. The molecule has 1 aromatic heterocycles. The van der Waals surface area contributed by atoms with Crippen molar-refractivity contribution in [2.45, 2.75) is 13.5 Å². The molecular weight excluding hydrogens is 252 g/mol. The molecule has 0 spiro atoms. The van der Waals surface area contributed by atoms with Crippen molar-refractivity contribution in [1.29, 1.82) is 0 Å². The van der Waals surface area contributed by atoms with E-state index >= 15 is 0 Å². The zero-order valence-corrected chi connectivity index (χ0v) is 11.2. The van der Waals surface area contributed by atoms with E-state index in [0.717, 1.165) is 0 Å². The molecule has 7 heteroatoms. The van der Waals surface area contributed by atoms with Crippen molar-refractivity contribution in [2.75, 3.05) is 27.4 Å². The Morgan fingerprint density at radius 2 is 2.05 bits per heavy atom. The first kappa shape index (κ1) is 15.0. The first-order chi connectivity index (χ1) is 9.08. The van der Waals surface area contributed by atoms with Gasteiger partial charge in [0.1, 0.15) is 17.1 Å². The zero-order valence-electron chi connectivity index (χ0n) is 11.2. The van der Waals surface area contributed by atoms with Crippen molar-refractivity contribution in [1.82, 2.24) is 10.6 Å². The lowest BCUT2D eigenvalue weighted by atomic mass is 10.2. The highest BCUT2D eigenvalue weighted by atomic mass is 16.5. The molecule has 1 aromatic rings. The number of carbonyl (C=O) groups is 2. The first-order valence-electron chi connectivity index (χ1n) is 5.76. The van der Waals surface area contributed by atoms with Crippen LogP contribution >= 0.6 is 0 Å². The minimum absolute atomic E-state index is 0.191. The molecule has 0 saturated carbocycles. The van der Waals surface area contributed by atoms with E-state index in [-0.39, 0.29) is 12.6 Å². The molecule has 0 atom stereocenters. The van der Waals surface area contributed by atoms with Crippen LogP contribution in [0.15, 0.2) is 10.5 Å². The second-order valence-corrected chi connectivity index (χ2v) is 3.78. The van der Waals surface area contributed by atoms with Crippen molar-refractivity contribution in [3.05, 3.63) is 23.2 Å². The highest BCUT2D eigenvalue weighted by molar-refractivity contribution is 5.90. The number of esters is 1. The molecule has 0 aromatic carbocycles. The summed E-state index contributed by atoms with van der Waals surface area (Å²) in [6.45, 7) is 2.72. The van der Waals surface area contributed by atoms with E-state index in [9.17, 15) is 9.59 Å². The SMILES string of the molecule is COCCNC(=O)NCc1cc(C(=O)OC)c(C)o1. The van der Waals surface area contributed by atoms with Gasteiger partial charge in [-0.2, -0.15) is 0 Å². The molecule has 0 radical (unpaired) electrons. The van der Waals surface area contributed by atoms with Gasteiger partial charge in [-0.1, -0.05) is 0 Å². The van der Waals surface area contributed by atoms with Gasteiger partial charge >= 0.3 is 12.0 Å². The van der Waals surface area contributed by atoms with Gasteiger partial charge in [-0.15, -0.1) is 0 Å². The highest BCUT2D eigenvalue weighted by Gasteiger charge is 2.15. The molecule has 0 saturated heterocycles. The third-order valence-corrected chi connectivity index (χ3v) is 2.39. The molecule has 0 bridgehead atoms. The molecule has 2 amide bonds. The minimum Gasteiger partial charge on any atom is -0.465 e. The molecule has 1 heterocycles. The van der Waals surface area contributed by atoms with Gasteiger partial charge in [-0.05, 0) is 13.0 Å². The molecular formula is C12H18N2O5. The van der Waals surface area contributed by atoms with E-state index in [2.05, 4.69) is 15.4 Å². The Balaban J connectivity index is 2.45. The monoisotopic (exact) mass is 270 g/mol. The number of amides is 2. The number of aryl methyl sites for hydroxylation is 1. The number of hydrogen-bond donors (Lipinski definition) is 2. The molecule has 0 aliphatic rings. The van der Waals surface area contributed by atoms with Crippen molar-refractivity contribution in [2.24, 2.45) is 0 Å². The van der Waals surface area contributed by atoms with Gasteiger partial charge in [-0.25, -0.2) is 9.59 Å². The van der Waals surface area contributed by atoms with Crippen LogP contribution in [0.2, 0.25) is 0 Å². The fraction of sp³-hybridized carbons (Fsp3) is 0.500. The Morgan fingerprint density at radius 3 is 2.68 bits per heavy atom. The Morgan fingerprint density at radius 1 is 1.32 bits per heavy atom. The smallest absolute Gasteiger partial charge is 0.341 e. The largest absolute Gasteiger partial charge is 0.465 e. The van der Waals surface area contributed by atoms with E-state index in [0.29, 0.717) is 30.2 Å². The molecule has 7 nitrogen and oxygen atoms in total. The number of methoxy groups -OCH3 is 2. The van der Waals surface area contributed by atoms with E-state index in [4.69, 9.17) is 9.15 Å². The minimum atomic E-state index is -0.461. The number of nitrogens with one attached hydrogen (secondary N) is 2. The number of ether oxygens (including phenoxy) is 2. The summed E-state index contributed by atoms with van der Waals surface area (Å²) in [5.74, 6) is 0.486. The fourth-order valence-electron chi connectivity index (χ4n) is 1.44. The van der Waals surface area contributed by atoms with Gasteiger partial charge in [0.25, 0.3) is 0 Å². The number of hydrogen-bond acceptors (Lipinski definition) is 5. The molecule has 106 valence electrons. The van der Waals surface area contributed by atoms with Crippen LogP contribution in [0.1, 0.15) is 21.9 Å². The van der Waals surface area contributed by atoms with Crippen LogP contribution in [-0.2, 0) is 16.0 Å². The Labute approximate surface area is 111 Å². The average Bonchev–Trinajstić information content (AvgIpc) is 2.77. The van der Waals surface area contributed by atoms with Crippen molar-refractivity contribution < 1.29 is 23.5 Å². The topological polar surface area (TPSA) is 89.8 Å². The molecule has 0 aliphatic carbocycles. The number of furan rings is 1. The van der Waals surface area contributed by atoms with Crippen molar-refractivity contribution >= 4 is 12.0 Å². The molecule has 0 fully saturated rings. The van der Waals surface area contributed by atoms with Crippen LogP contribution in [0.4, 0.5) is 4.79 Å². The number of carbonyl (C=O) groups excluding carboxylic acids is 2. The number of urea groups is 1. The maximum atomic E-state index is 11.4. The first-order valence-corrected chi connectivity index (χ1v) is 5.76. The maximum Gasteiger partial charge on any atom is 0.341 e. The van der Waals surface area contributed by atoms with Crippen LogP contribution in [0.25, 0.3) is 0 Å². The van der Waals surface area contributed by atoms with Crippen LogP contribution in [-0.4, -0.2) is 39.4 Å². The highest BCUT2D eigenvalue weighted by Crippen LogP contribution is 2.15. The summed E-state index contributed by atoms with van der Waals surface area (Å²) in [5.41, 5.74) is 0.360. The Hall–Kier alpha value is -2.02. The van der Waals surface area contributed by atoms with Crippen LogP contribution in [0.5, 0.6) is 0 Å². The summed E-state index contributed by atoms with van der Waals surface area (Å²) in [7, 11) is 2.86. The third-order valence-electron chi connectivity index (χ3n) is 2.39. The summed E-state index contributed by atoms with van der Waals surface area (Å²) in [6.07, 6.45) is 0. The number of rotatable bonds is 6. The second kappa shape index (κ2) is 7.42. The lowest BCUT2D eigenvalue weighted by Crippen LogP contribution is -2.36. The summed E-state index contributed by atoms with van der Waals surface area (Å²) in [5, 5.41) is 5.20. The fourth-order valence-corrected chi connectivity index (χ4v) is 1.44. The van der Waals surface area contributed by atoms with Crippen molar-refractivity contribution in [3.63, 3.8) is 0 Å². The predicted octanol–water partition coefficient (Wildman–Crippen LogP) is 0.820. The Kier molecular flexibility index (Phi) is 5.87. The van der Waals surface area contributed by atoms with E-state index in [1.54, 1.807) is 20.1 Å². The lowest BCUT2D eigenvalue weighted by Gasteiger charge is -2.05. The average molecular weight is 270 g/mol. The van der Waals surface area contributed by atoms with Gasteiger partial charge in [0.05, 0.1) is 20.3 Å². The van der Waals surface area contributed by atoms with Crippen LogP contribution in [0, 0.1) is 6.92 Å². The summed E-state index contributed by atoms with van der Waals surface area (Å²) in [4.78, 5) is 22.7. The Bertz CT molecular complexity index is 441. The zero-order chi connectivity index (χ0) is 14.3. The third kappa shape index (κ3) is 4.63. The van der Waals surface area contributed by atoms with Crippen LogP contribution < -0.4 is 10.6 Å². The summed E-state index contributed by atoms with van der Waals surface area (Å²) < 4.78 is 14.8. The lowest BCUT2D eigenvalue weighted by molar-refractivity contribution is 0.0599. The standard InChI is InChI=1S/C12H18N2O5/c1-8-10(11(15)18-3)6-9(19-8)7-14-12(16)13-4-5-17-2/h6H,4-5,7H2,1-3H3,(H2,13,14,16).